The number of para-hydroxylation sites is 2. The molecular weight excluding hydrogens is 412 g/mol. The Morgan fingerprint density at radius 1 is 1.07 bits per heavy atom. The van der Waals surface area contributed by atoms with Gasteiger partial charge in [0.25, 0.3) is 15.7 Å². The van der Waals surface area contributed by atoms with E-state index in [0.717, 1.165) is 36.2 Å². The number of hydrazine groups is 1. The lowest BCUT2D eigenvalue weighted by Gasteiger charge is -2.29. The first-order valence-electron chi connectivity index (χ1n) is 9.22. The second kappa shape index (κ2) is 9.01. The van der Waals surface area contributed by atoms with Crippen LogP contribution in [0.1, 0.15) is 24.8 Å². The van der Waals surface area contributed by atoms with Gasteiger partial charge in [-0.05, 0) is 30.5 Å². The van der Waals surface area contributed by atoms with Gasteiger partial charge in [0.15, 0.2) is 4.90 Å². The molecule has 30 heavy (non-hydrogen) atoms. The molecule has 2 N–H and O–H groups in total. The molecule has 2 aromatic rings. The van der Waals surface area contributed by atoms with Crippen molar-refractivity contribution in [3.8, 4) is 0 Å². The predicted octanol–water partition coefficient (Wildman–Crippen LogP) is 1.66. The molecule has 0 aromatic heterocycles. The van der Waals surface area contributed by atoms with E-state index in [4.69, 9.17) is 0 Å². The van der Waals surface area contributed by atoms with E-state index in [1.54, 1.807) is 4.90 Å². The van der Waals surface area contributed by atoms with Crippen LogP contribution in [0.15, 0.2) is 53.4 Å². The smallest absolute Gasteiger partial charge is 0.289 e. The Hall–Kier alpha value is -3.31. The summed E-state index contributed by atoms with van der Waals surface area (Å²) in [6.07, 6.45) is 1.36. The number of carbonyl (C=O) groups is 2. The van der Waals surface area contributed by atoms with Gasteiger partial charge in [0.1, 0.15) is 0 Å². The standard InChI is InChI=1S/C19H20N4O6S/c24-18(20-21-30(28,29)17-10-4-3-9-16(17)23(26)27)11-12-19(25)22-13-5-7-14-6-1-2-8-15(14)22/h1-4,6,8-10,21H,5,7,11-13H2,(H,20,24). The molecule has 3 rings (SSSR count). The Bertz CT molecular complexity index is 1090. The van der Waals surface area contributed by atoms with Gasteiger partial charge >= 0.3 is 0 Å². The van der Waals surface area contributed by atoms with E-state index in [0.29, 0.717) is 6.54 Å². The number of anilines is 1. The second-order valence-electron chi connectivity index (χ2n) is 6.66. The SMILES string of the molecule is O=C(CCC(=O)N1CCCc2ccccc21)NNS(=O)(=O)c1ccccc1[N+](=O)[O-]. The molecule has 0 atom stereocenters. The van der Waals surface area contributed by atoms with E-state index in [1.807, 2.05) is 34.5 Å². The number of nitro groups is 1. The number of nitrogens with zero attached hydrogens (tertiary/aromatic N) is 2. The zero-order valence-corrected chi connectivity index (χ0v) is 16.7. The minimum absolute atomic E-state index is 0.104. The van der Waals surface area contributed by atoms with Crippen molar-refractivity contribution in [2.75, 3.05) is 11.4 Å². The Kier molecular flexibility index (Phi) is 6.43. The number of fused-ring (bicyclic) bond motifs is 1. The molecule has 10 nitrogen and oxygen atoms in total. The molecule has 2 amide bonds. The van der Waals surface area contributed by atoms with E-state index in [1.165, 1.54) is 12.1 Å². The number of nitro benzene ring substituents is 1. The number of amides is 2. The van der Waals surface area contributed by atoms with Crippen LogP contribution in [0.3, 0.4) is 0 Å². The minimum Gasteiger partial charge on any atom is -0.312 e. The van der Waals surface area contributed by atoms with Gasteiger partial charge in [0.2, 0.25) is 11.8 Å². The quantitative estimate of drug-likeness (QED) is 0.504. The Labute approximate surface area is 173 Å². The Balaban J connectivity index is 1.57. The molecule has 0 saturated carbocycles. The summed E-state index contributed by atoms with van der Waals surface area (Å²) in [4.78, 5) is 37.6. The highest BCUT2D eigenvalue weighted by Crippen LogP contribution is 2.27. The number of nitrogens with one attached hydrogen (secondary N) is 2. The van der Waals surface area contributed by atoms with E-state index in [-0.39, 0.29) is 18.7 Å². The summed E-state index contributed by atoms with van der Waals surface area (Å²) < 4.78 is 24.6. The van der Waals surface area contributed by atoms with Crippen LogP contribution in [0.4, 0.5) is 11.4 Å². The molecule has 0 unspecified atom stereocenters. The minimum atomic E-state index is -4.35. The van der Waals surface area contributed by atoms with Crippen molar-refractivity contribution in [1.29, 1.82) is 0 Å². The fourth-order valence-corrected chi connectivity index (χ4v) is 4.26. The van der Waals surface area contributed by atoms with Crippen LogP contribution in [-0.4, -0.2) is 31.7 Å². The Morgan fingerprint density at radius 3 is 2.53 bits per heavy atom. The van der Waals surface area contributed by atoms with E-state index < -0.39 is 31.4 Å². The first-order chi connectivity index (χ1) is 14.3. The maximum Gasteiger partial charge on any atom is 0.289 e. The van der Waals surface area contributed by atoms with Crippen molar-refractivity contribution in [2.45, 2.75) is 30.6 Å². The first-order valence-corrected chi connectivity index (χ1v) is 10.7. The summed E-state index contributed by atoms with van der Waals surface area (Å²) in [5.41, 5.74) is 3.28. The molecular formula is C19H20N4O6S. The van der Waals surface area contributed by atoms with Gasteiger partial charge in [-0.15, -0.1) is 4.83 Å². The number of carbonyl (C=O) groups excluding carboxylic acids is 2. The molecule has 0 saturated heterocycles. The first kappa shape index (κ1) is 21.4. The van der Waals surface area contributed by atoms with E-state index in [2.05, 4.69) is 0 Å². The fourth-order valence-electron chi connectivity index (χ4n) is 3.22. The molecule has 0 aliphatic carbocycles. The molecule has 0 radical (unpaired) electrons. The van der Waals surface area contributed by atoms with E-state index >= 15 is 0 Å². The molecule has 11 heteroatoms. The number of rotatable bonds is 7. The number of hydrogen-bond acceptors (Lipinski definition) is 6. The predicted molar refractivity (Wildman–Crippen MR) is 108 cm³/mol. The van der Waals surface area contributed by atoms with Crippen molar-refractivity contribution in [3.05, 3.63) is 64.2 Å². The summed E-state index contributed by atoms with van der Waals surface area (Å²) in [5, 5.41) is 11.0. The van der Waals surface area contributed by atoms with Crippen molar-refractivity contribution >= 4 is 33.2 Å². The highest BCUT2D eigenvalue weighted by molar-refractivity contribution is 7.89. The highest BCUT2D eigenvalue weighted by atomic mass is 32.2. The largest absolute Gasteiger partial charge is 0.312 e. The number of hydrogen-bond donors (Lipinski definition) is 2. The summed E-state index contributed by atoms with van der Waals surface area (Å²) in [7, 11) is -4.35. The van der Waals surface area contributed by atoms with Gasteiger partial charge in [0.05, 0.1) is 4.92 Å². The van der Waals surface area contributed by atoms with Crippen LogP contribution in [0.2, 0.25) is 0 Å². The molecule has 1 aliphatic heterocycles. The van der Waals surface area contributed by atoms with Crippen molar-refractivity contribution in [1.82, 2.24) is 10.3 Å². The van der Waals surface area contributed by atoms with Crippen LogP contribution in [0.25, 0.3) is 0 Å². The van der Waals surface area contributed by atoms with Gasteiger partial charge in [-0.1, -0.05) is 30.3 Å². The fraction of sp³-hybridized carbons (Fsp3) is 0.263. The maximum atomic E-state index is 12.5. The van der Waals surface area contributed by atoms with Crippen LogP contribution < -0.4 is 15.2 Å². The highest BCUT2D eigenvalue weighted by Gasteiger charge is 2.26. The van der Waals surface area contributed by atoms with E-state index in [9.17, 15) is 28.1 Å². The zero-order chi connectivity index (χ0) is 21.7. The van der Waals surface area contributed by atoms with Crippen LogP contribution >= 0.6 is 0 Å². The monoisotopic (exact) mass is 432 g/mol. The zero-order valence-electron chi connectivity index (χ0n) is 15.9. The third-order valence-corrected chi connectivity index (χ3v) is 5.95. The summed E-state index contributed by atoms with van der Waals surface area (Å²) in [5.74, 6) is -0.963. The molecule has 0 bridgehead atoms. The van der Waals surface area contributed by atoms with Gasteiger partial charge in [-0.25, -0.2) is 8.42 Å². The molecule has 0 fully saturated rings. The Morgan fingerprint density at radius 2 is 1.77 bits per heavy atom. The number of sulfonamides is 1. The van der Waals surface area contributed by atoms with Crippen LogP contribution in [-0.2, 0) is 26.0 Å². The molecule has 2 aromatic carbocycles. The average Bonchev–Trinajstić information content (AvgIpc) is 2.75. The molecule has 1 aliphatic rings. The van der Waals surface area contributed by atoms with Crippen LogP contribution in [0.5, 0.6) is 0 Å². The lowest BCUT2D eigenvalue weighted by molar-refractivity contribution is -0.387. The third-order valence-electron chi connectivity index (χ3n) is 4.65. The van der Waals surface area contributed by atoms with Gasteiger partial charge < -0.3 is 4.90 Å². The van der Waals surface area contributed by atoms with Gasteiger partial charge in [-0.2, -0.15) is 0 Å². The number of benzene rings is 2. The van der Waals surface area contributed by atoms with Gasteiger partial charge in [0, 0.05) is 31.1 Å². The normalized spacial score (nSPS) is 13.4. The summed E-state index contributed by atoms with van der Waals surface area (Å²) >= 11 is 0. The van der Waals surface area contributed by atoms with Crippen LogP contribution in [0, 0.1) is 10.1 Å². The lowest BCUT2D eigenvalue weighted by atomic mass is 10.0. The summed E-state index contributed by atoms with van der Waals surface area (Å²) in [6.45, 7) is 0.557. The summed E-state index contributed by atoms with van der Waals surface area (Å²) in [6, 6.07) is 12.3. The number of aryl methyl sites for hydroxylation is 1. The molecule has 158 valence electrons. The van der Waals surface area contributed by atoms with Crippen molar-refractivity contribution in [3.63, 3.8) is 0 Å². The maximum absolute atomic E-state index is 12.5. The molecule has 0 spiro atoms. The third kappa shape index (κ3) is 4.81. The van der Waals surface area contributed by atoms with Crippen molar-refractivity contribution in [2.24, 2.45) is 0 Å². The topological polar surface area (TPSA) is 139 Å². The average molecular weight is 432 g/mol. The van der Waals surface area contributed by atoms with Crippen molar-refractivity contribution < 1.29 is 22.9 Å². The molecule has 1 heterocycles. The lowest BCUT2D eigenvalue weighted by Crippen LogP contribution is -2.42. The van der Waals surface area contributed by atoms with Gasteiger partial charge in [-0.3, -0.25) is 25.1 Å². The second-order valence-corrected chi connectivity index (χ2v) is 8.31.